The summed E-state index contributed by atoms with van der Waals surface area (Å²) in [5.74, 6) is -1.67. The summed E-state index contributed by atoms with van der Waals surface area (Å²) in [7, 11) is 1.08. The normalized spacial score (nSPS) is 17.3. The molecule has 0 aromatic carbocycles. The molecule has 0 spiro atoms. The lowest BCUT2D eigenvalue weighted by Gasteiger charge is -2.15. The second-order valence-electron chi connectivity index (χ2n) is 4.17. The van der Waals surface area contributed by atoms with E-state index in [2.05, 4.69) is 9.72 Å². The van der Waals surface area contributed by atoms with Crippen LogP contribution in [0.25, 0.3) is 0 Å². The SMILES string of the molecule is COc1ncc(C2(C(=O)O)CC2)cc1C(F)(F)F. The third-order valence-electron chi connectivity index (χ3n) is 3.06. The Morgan fingerprint density at radius 3 is 2.50 bits per heavy atom. The standard InChI is InChI=1S/C11H10F3NO3/c1-18-8-7(11(12,13)14)4-6(5-15-8)10(2-3-10)9(16)17/h4-5H,2-3H2,1H3,(H,16,17). The Morgan fingerprint density at radius 1 is 1.50 bits per heavy atom. The monoisotopic (exact) mass is 261 g/mol. The number of methoxy groups -OCH3 is 1. The Bertz CT molecular complexity index is 495. The van der Waals surface area contributed by atoms with E-state index in [4.69, 9.17) is 5.11 Å². The molecule has 1 fully saturated rings. The Kier molecular flexibility index (Phi) is 2.71. The number of halogens is 3. The van der Waals surface area contributed by atoms with Crippen LogP contribution in [0.5, 0.6) is 5.88 Å². The average molecular weight is 261 g/mol. The van der Waals surface area contributed by atoms with Crippen molar-refractivity contribution in [2.75, 3.05) is 7.11 Å². The fourth-order valence-electron chi connectivity index (χ4n) is 1.83. The molecule has 0 radical (unpaired) electrons. The average Bonchev–Trinajstić information content (AvgIpc) is 3.08. The maximum absolute atomic E-state index is 12.8. The van der Waals surface area contributed by atoms with Crippen LogP contribution in [-0.4, -0.2) is 23.2 Å². The minimum atomic E-state index is -4.62. The van der Waals surface area contributed by atoms with Crippen LogP contribution in [0, 0.1) is 0 Å². The van der Waals surface area contributed by atoms with E-state index in [1.54, 1.807) is 0 Å². The second-order valence-corrected chi connectivity index (χ2v) is 4.17. The van der Waals surface area contributed by atoms with Crippen LogP contribution in [0.15, 0.2) is 12.3 Å². The highest BCUT2D eigenvalue weighted by Gasteiger charge is 2.53. The molecule has 0 unspecified atom stereocenters. The summed E-state index contributed by atoms with van der Waals surface area (Å²) in [6.45, 7) is 0. The van der Waals surface area contributed by atoms with Crippen LogP contribution < -0.4 is 4.74 Å². The number of carboxylic acid groups (broad SMARTS) is 1. The number of rotatable bonds is 3. The zero-order valence-corrected chi connectivity index (χ0v) is 9.41. The van der Waals surface area contributed by atoms with E-state index >= 15 is 0 Å². The van der Waals surface area contributed by atoms with Crippen molar-refractivity contribution in [1.29, 1.82) is 0 Å². The molecule has 1 aromatic heterocycles. The van der Waals surface area contributed by atoms with Crippen molar-refractivity contribution < 1.29 is 27.8 Å². The molecule has 1 aromatic rings. The lowest BCUT2D eigenvalue weighted by Crippen LogP contribution is -2.21. The number of nitrogens with zero attached hydrogens (tertiary/aromatic N) is 1. The molecule has 0 amide bonds. The van der Waals surface area contributed by atoms with Gasteiger partial charge >= 0.3 is 12.1 Å². The van der Waals surface area contributed by atoms with Crippen LogP contribution in [0.4, 0.5) is 13.2 Å². The zero-order valence-electron chi connectivity index (χ0n) is 9.41. The van der Waals surface area contributed by atoms with Crippen molar-refractivity contribution >= 4 is 5.97 Å². The molecule has 1 aliphatic carbocycles. The van der Waals surface area contributed by atoms with Gasteiger partial charge in [-0.15, -0.1) is 0 Å². The quantitative estimate of drug-likeness (QED) is 0.906. The summed E-state index contributed by atoms with van der Waals surface area (Å²) in [5, 5.41) is 9.04. The molecule has 1 aliphatic rings. The molecule has 18 heavy (non-hydrogen) atoms. The number of carboxylic acids is 1. The van der Waals surface area contributed by atoms with Crippen LogP contribution in [-0.2, 0) is 16.4 Å². The second kappa shape index (κ2) is 3.86. The van der Waals surface area contributed by atoms with Crippen molar-refractivity contribution in [3.05, 3.63) is 23.4 Å². The van der Waals surface area contributed by atoms with E-state index in [0.29, 0.717) is 12.8 Å². The Hall–Kier alpha value is -1.79. The smallest absolute Gasteiger partial charge is 0.421 e. The van der Waals surface area contributed by atoms with Gasteiger partial charge in [0.15, 0.2) is 0 Å². The molecule has 2 rings (SSSR count). The third kappa shape index (κ3) is 1.89. The van der Waals surface area contributed by atoms with E-state index in [1.807, 2.05) is 0 Å². The van der Waals surface area contributed by atoms with Gasteiger partial charge in [-0.3, -0.25) is 4.79 Å². The number of aromatic nitrogens is 1. The first-order chi connectivity index (χ1) is 8.31. The number of alkyl halides is 3. The van der Waals surface area contributed by atoms with Gasteiger partial charge in [0.25, 0.3) is 0 Å². The largest absolute Gasteiger partial charge is 0.481 e. The molecule has 1 saturated carbocycles. The summed E-state index contributed by atoms with van der Waals surface area (Å²) < 4.78 is 42.8. The van der Waals surface area contributed by atoms with Crippen LogP contribution >= 0.6 is 0 Å². The summed E-state index contributed by atoms with van der Waals surface area (Å²) >= 11 is 0. The van der Waals surface area contributed by atoms with Crippen LogP contribution in [0.3, 0.4) is 0 Å². The maximum Gasteiger partial charge on any atom is 0.421 e. The highest BCUT2D eigenvalue weighted by atomic mass is 19.4. The van der Waals surface area contributed by atoms with Crippen molar-refractivity contribution in [2.45, 2.75) is 24.4 Å². The van der Waals surface area contributed by atoms with Gasteiger partial charge in [-0.1, -0.05) is 0 Å². The molecule has 0 bridgehead atoms. The van der Waals surface area contributed by atoms with Gasteiger partial charge in [0.1, 0.15) is 5.56 Å². The Balaban J connectivity index is 2.51. The minimum absolute atomic E-state index is 0.0723. The number of aliphatic carboxylic acids is 1. The Labute approximate surface area is 100 Å². The summed E-state index contributed by atoms with van der Waals surface area (Å²) in [6, 6.07) is 0.812. The van der Waals surface area contributed by atoms with E-state index < -0.39 is 29.0 Å². The molecule has 4 nitrogen and oxygen atoms in total. The van der Waals surface area contributed by atoms with Gasteiger partial charge in [-0.25, -0.2) is 4.98 Å². The summed E-state index contributed by atoms with van der Waals surface area (Å²) in [4.78, 5) is 14.6. The lowest BCUT2D eigenvalue weighted by atomic mass is 9.96. The summed E-state index contributed by atoms with van der Waals surface area (Å²) in [5.41, 5.74) is -2.18. The predicted octanol–water partition coefficient (Wildman–Crippen LogP) is 2.23. The zero-order chi connectivity index (χ0) is 13.6. The first-order valence-electron chi connectivity index (χ1n) is 5.16. The van der Waals surface area contributed by atoms with Gasteiger partial charge in [-0.05, 0) is 24.5 Å². The van der Waals surface area contributed by atoms with E-state index in [9.17, 15) is 18.0 Å². The van der Waals surface area contributed by atoms with Gasteiger partial charge in [0.05, 0.1) is 12.5 Å². The minimum Gasteiger partial charge on any atom is -0.481 e. The summed E-state index contributed by atoms with van der Waals surface area (Å²) in [6.07, 6.45) is -2.83. The molecule has 0 atom stereocenters. The Morgan fingerprint density at radius 2 is 2.11 bits per heavy atom. The first kappa shape index (κ1) is 12.7. The molecular weight excluding hydrogens is 251 g/mol. The van der Waals surface area contributed by atoms with E-state index in [0.717, 1.165) is 19.4 Å². The number of hydrogen-bond acceptors (Lipinski definition) is 3. The molecule has 98 valence electrons. The van der Waals surface area contributed by atoms with Crippen LogP contribution in [0.1, 0.15) is 24.0 Å². The molecule has 7 heteroatoms. The molecule has 1 N–H and O–H groups in total. The number of hydrogen-bond donors (Lipinski definition) is 1. The van der Waals surface area contributed by atoms with E-state index in [1.165, 1.54) is 0 Å². The molecule has 0 saturated heterocycles. The van der Waals surface area contributed by atoms with Gasteiger partial charge < -0.3 is 9.84 Å². The van der Waals surface area contributed by atoms with Crippen molar-refractivity contribution in [2.24, 2.45) is 0 Å². The van der Waals surface area contributed by atoms with Crippen molar-refractivity contribution in [3.63, 3.8) is 0 Å². The topological polar surface area (TPSA) is 59.4 Å². The number of pyridine rings is 1. The molecular formula is C11H10F3NO3. The van der Waals surface area contributed by atoms with Gasteiger partial charge in [0, 0.05) is 6.20 Å². The highest BCUT2D eigenvalue weighted by Crippen LogP contribution is 2.49. The molecule has 1 heterocycles. The number of ether oxygens (including phenoxy) is 1. The third-order valence-corrected chi connectivity index (χ3v) is 3.06. The first-order valence-corrected chi connectivity index (χ1v) is 5.16. The fourth-order valence-corrected chi connectivity index (χ4v) is 1.83. The highest BCUT2D eigenvalue weighted by molar-refractivity contribution is 5.84. The van der Waals surface area contributed by atoms with Gasteiger partial charge in [-0.2, -0.15) is 13.2 Å². The van der Waals surface area contributed by atoms with Crippen LogP contribution in [0.2, 0.25) is 0 Å². The predicted molar refractivity (Wildman–Crippen MR) is 54.3 cm³/mol. The van der Waals surface area contributed by atoms with Gasteiger partial charge in [0.2, 0.25) is 5.88 Å². The number of carbonyl (C=O) groups is 1. The fraction of sp³-hybridized carbons (Fsp3) is 0.455. The van der Waals surface area contributed by atoms with E-state index in [-0.39, 0.29) is 5.56 Å². The van der Waals surface area contributed by atoms with Crippen molar-refractivity contribution in [1.82, 2.24) is 4.98 Å². The van der Waals surface area contributed by atoms with Crippen molar-refractivity contribution in [3.8, 4) is 5.88 Å². The lowest BCUT2D eigenvalue weighted by molar-refractivity contribution is -0.141. The maximum atomic E-state index is 12.8. The molecule has 0 aliphatic heterocycles.